The molecule has 20 heavy (non-hydrogen) atoms. The van der Waals surface area contributed by atoms with Crippen molar-refractivity contribution in [2.24, 2.45) is 0 Å². The molecule has 110 valence electrons. The molecule has 0 bridgehead atoms. The normalized spacial score (nSPS) is 9.90. The quantitative estimate of drug-likeness (QED) is 0.582. The van der Waals surface area contributed by atoms with Gasteiger partial charge in [-0.05, 0) is 25.5 Å². The van der Waals surface area contributed by atoms with E-state index in [1.165, 1.54) is 18.2 Å². The molecule has 0 heterocycles. The zero-order valence-electron chi connectivity index (χ0n) is 11.4. The topological polar surface area (TPSA) is 64.6 Å². The molecule has 0 radical (unpaired) electrons. The molecule has 0 unspecified atom stereocenters. The van der Waals surface area contributed by atoms with E-state index in [0.29, 0.717) is 25.3 Å². The molecule has 0 aliphatic heterocycles. The molecule has 5 nitrogen and oxygen atoms in total. The number of ether oxygens (including phenoxy) is 2. The van der Waals surface area contributed by atoms with Crippen LogP contribution >= 0.6 is 0 Å². The lowest BCUT2D eigenvalue weighted by Gasteiger charge is -2.07. The molecular formula is C14H18FNO4. The van der Waals surface area contributed by atoms with Crippen LogP contribution in [0.25, 0.3) is 0 Å². The van der Waals surface area contributed by atoms with E-state index in [1.807, 2.05) is 0 Å². The maximum Gasteiger partial charge on any atom is 0.305 e. The molecule has 0 spiro atoms. The van der Waals surface area contributed by atoms with Gasteiger partial charge in [0.25, 0.3) is 5.91 Å². The van der Waals surface area contributed by atoms with Gasteiger partial charge < -0.3 is 14.8 Å². The van der Waals surface area contributed by atoms with Crippen LogP contribution in [0.3, 0.4) is 0 Å². The highest BCUT2D eigenvalue weighted by atomic mass is 19.1. The molecule has 0 saturated heterocycles. The van der Waals surface area contributed by atoms with Crippen molar-refractivity contribution in [3.63, 3.8) is 0 Å². The number of hydrogen-bond acceptors (Lipinski definition) is 4. The largest absolute Gasteiger partial charge is 0.484 e. The summed E-state index contributed by atoms with van der Waals surface area (Å²) in [5, 5.41) is 2.60. The summed E-state index contributed by atoms with van der Waals surface area (Å²) in [7, 11) is 0. The van der Waals surface area contributed by atoms with Crippen molar-refractivity contribution in [1.29, 1.82) is 0 Å². The Morgan fingerprint density at radius 1 is 1.35 bits per heavy atom. The van der Waals surface area contributed by atoms with Crippen molar-refractivity contribution in [3.05, 3.63) is 30.1 Å². The van der Waals surface area contributed by atoms with Gasteiger partial charge >= 0.3 is 5.97 Å². The smallest absolute Gasteiger partial charge is 0.305 e. The summed E-state index contributed by atoms with van der Waals surface area (Å²) in [4.78, 5) is 22.5. The van der Waals surface area contributed by atoms with Gasteiger partial charge in [-0.3, -0.25) is 9.59 Å². The molecule has 6 heteroatoms. The van der Waals surface area contributed by atoms with Crippen molar-refractivity contribution in [1.82, 2.24) is 5.32 Å². The van der Waals surface area contributed by atoms with Crippen molar-refractivity contribution < 1.29 is 23.5 Å². The van der Waals surface area contributed by atoms with Crippen LogP contribution in [0.2, 0.25) is 0 Å². The minimum atomic E-state index is -0.419. The van der Waals surface area contributed by atoms with Gasteiger partial charge in [-0.25, -0.2) is 4.39 Å². The van der Waals surface area contributed by atoms with E-state index in [-0.39, 0.29) is 24.9 Å². The average molecular weight is 283 g/mol. The van der Waals surface area contributed by atoms with Crippen molar-refractivity contribution in [3.8, 4) is 5.75 Å². The standard InChI is InChI=1S/C14H18FNO4/c1-2-19-14(18)7-4-8-16-13(17)10-20-12-6-3-5-11(15)9-12/h3,5-6,9H,2,4,7-8,10H2,1H3,(H,16,17). The van der Waals surface area contributed by atoms with E-state index in [0.717, 1.165) is 0 Å². The number of nitrogens with one attached hydrogen (secondary N) is 1. The predicted molar refractivity (Wildman–Crippen MR) is 70.8 cm³/mol. The third-order valence-corrected chi connectivity index (χ3v) is 2.35. The molecule has 0 aromatic heterocycles. The van der Waals surface area contributed by atoms with Gasteiger partial charge in [0, 0.05) is 19.0 Å². The molecule has 1 aromatic rings. The first-order chi connectivity index (χ1) is 9.61. The summed E-state index contributed by atoms with van der Waals surface area (Å²) >= 11 is 0. The Kier molecular flexibility index (Phi) is 7.10. The van der Waals surface area contributed by atoms with Gasteiger partial charge in [-0.1, -0.05) is 6.07 Å². The van der Waals surface area contributed by atoms with Crippen molar-refractivity contribution in [2.75, 3.05) is 19.8 Å². The number of hydrogen-bond donors (Lipinski definition) is 1. The molecule has 1 amide bonds. The number of rotatable bonds is 8. The van der Waals surface area contributed by atoms with Crippen LogP contribution in [-0.4, -0.2) is 31.6 Å². The second-order valence-corrected chi connectivity index (χ2v) is 4.00. The van der Waals surface area contributed by atoms with Crippen molar-refractivity contribution in [2.45, 2.75) is 19.8 Å². The van der Waals surface area contributed by atoms with Crippen LogP contribution < -0.4 is 10.1 Å². The van der Waals surface area contributed by atoms with E-state index in [2.05, 4.69) is 5.32 Å². The Balaban J connectivity index is 2.13. The molecule has 1 rings (SSSR count). The second kappa shape index (κ2) is 8.90. The summed E-state index contributed by atoms with van der Waals surface area (Å²) in [5.74, 6) is -0.722. The highest BCUT2D eigenvalue weighted by Crippen LogP contribution is 2.11. The third kappa shape index (κ3) is 6.72. The first-order valence-electron chi connectivity index (χ1n) is 6.42. The molecule has 0 atom stereocenters. The van der Waals surface area contributed by atoms with Gasteiger partial charge in [0.1, 0.15) is 11.6 Å². The average Bonchev–Trinajstić information content (AvgIpc) is 2.42. The van der Waals surface area contributed by atoms with E-state index in [4.69, 9.17) is 9.47 Å². The SMILES string of the molecule is CCOC(=O)CCCNC(=O)COc1cccc(F)c1. The Hall–Kier alpha value is -2.11. The van der Waals surface area contributed by atoms with E-state index < -0.39 is 5.82 Å². The minimum absolute atomic E-state index is 0.192. The molecule has 0 saturated carbocycles. The maximum atomic E-state index is 12.9. The minimum Gasteiger partial charge on any atom is -0.484 e. The van der Waals surface area contributed by atoms with Crippen LogP contribution in [0, 0.1) is 5.82 Å². The highest BCUT2D eigenvalue weighted by Gasteiger charge is 2.05. The van der Waals surface area contributed by atoms with Crippen LogP contribution in [-0.2, 0) is 14.3 Å². The molecule has 0 aliphatic carbocycles. The highest BCUT2D eigenvalue weighted by molar-refractivity contribution is 5.77. The monoisotopic (exact) mass is 283 g/mol. The van der Waals surface area contributed by atoms with Gasteiger partial charge in [0.05, 0.1) is 6.61 Å². The summed E-state index contributed by atoms with van der Waals surface area (Å²) in [6, 6.07) is 5.56. The molecular weight excluding hydrogens is 265 g/mol. The third-order valence-electron chi connectivity index (χ3n) is 2.35. The molecule has 1 aromatic carbocycles. The number of carbonyl (C=O) groups is 2. The lowest BCUT2D eigenvalue weighted by Crippen LogP contribution is -2.30. The Bertz CT molecular complexity index is 451. The first kappa shape index (κ1) is 15.9. The fraction of sp³-hybridized carbons (Fsp3) is 0.429. The predicted octanol–water partition coefficient (Wildman–Crippen LogP) is 1.66. The number of amides is 1. The van der Waals surface area contributed by atoms with Crippen LogP contribution in [0.15, 0.2) is 24.3 Å². The van der Waals surface area contributed by atoms with Gasteiger partial charge in [0.2, 0.25) is 0 Å². The Labute approximate surface area is 117 Å². The number of halogens is 1. The number of benzene rings is 1. The fourth-order valence-corrected chi connectivity index (χ4v) is 1.45. The van der Waals surface area contributed by atoms with E-state index in [1.54, 1.807) is 13.0 Å². The number of carbonyl (C=O) groups excluding carboxylic acids is 2. The lowest BCUT2D eigenvalue weighted by molar-refractivity contribution is -0.143. The van der Waals surface area contributed by atoms with Gasteiger partial charge in [0.15, 0.2) is 6.61 Å². The first-order valence-corrected chi connectivity index (χ1v) is 6.42. The lowest BCUT2D eigenvalue weighted by atomic mass is 10.3. The van der Waals surface area contributed by atoms with Crippen LogP contribution in [0.4, 0.5) is 4.39 Å². The molecule has 0 fully saturated rings. The summed E-state index contributed by atoms with van der Waals surface area (Å²) in [6.45, 7) is 2.27. The Morgan fingerprint density at radius 3 is 2.85 bits per heavy atom. The van der Waals surface area contributed by atoms with Crippen LogP contribution in [0.1, 0.15) is 19.8 Å². The summed E-state index contributed by atoms with van der Waals surface area (Å²) < 4.78 is 22.7. The second-order valence-electron chi connectivity index (χ2n) is 4.00. The van der Waals surface area contributed by atoms with Gasteiger partial charge in [-0.15, -0.1) is 0 Å². The summed E-state index contributed by atoms with van der Waals surface area (Å²) in [5.41, 5.74) is 0. The van der Waals surface area contributed by atoms with Crippen molar-refractivity contribution >= 4 is 11.9 Å². The maximum absolute atomic E-state index is 12.9. The Morgan fingerprint density at radius 2 is 2.15 bits per heavy atom. The van der Waals surface area contributed by atoms with Crippen LogP contribution in [0.5, 0.6) is 5.75 Å². The zero-order valence-corrected chi connectivity index (χ0v) is 11.4. The summed E-state index contributed by atoms with van der Waals surface area (Å²) in [6.07, 6.45) is 0.767. The van der Waals surface area contributed by atoms with E-state index in [9.17, 15) is 14.0 Å². The van der Waals surface area contributed by atoms with Gasteiger partial charge in [-0.2, -0.15) is 0 Å². The van der Waals surface area contributed by atoms with E-state index >= 15 is 0 Å². The number of esters is 1. The molecule has 1 N–H and O–H groups in total. The fourth-order valence-electron chi connectivity index (χ4n) is 1.45. The molecule has 0 aliphatic rings. The zero-order chi connectivity index (χ0) is 14.8.